The number of hydrogen-bond acceptors (Lipinski definition) is 5. The molecule has 7 heteroatoms. The highest BCUT2D eigenvalue weighted by atomic mass is 32.1. The third kappa shape index (κ3) is 4.89. The van der Waals surface area contributed by atoms with Gasteiger partial charge in [-0.25, -0.2) is 4.79 Å². The molecule has 1 aliphatic rings. The maximum atomic E-state index is 12.7. The predicted octanol–water partition coefficient (Wildman–Crippen LogP) is 3.92. The fourth-order valence-electron chi connectivity index (χ4n) is 3.55. The van der Waals surface area contributed by atoms with Crippen LogP contribution in [0.4, 0.5) is 0 Å². The van der Waals surface area contributed by atoms with Crippen LogP contribution in [0.25, 0.3) is 10.2 Å². The molecule has 0 spiro atoms. The molecule has 152 valence electrons. The minimum Gasteiger partial charge on any atom is -0.462 e. The maximum absolute atomic E-state index is 12.7. The van der Waals surface area contributed by atoms with Gasteiger partial charge in [0.05, 0.1) is 29.0 Å². The number of ether oxygens (including phenoxy) is 2. The average molecular weight is 405 g/mol. The van der Waals surface area contributed by atoms with E-state index in [0.717, 1.165) is 35.9 Å². The van der Waals surface area contributed by atoms with Crippen LogP contribution < -0.4 is 4.80 Å². The molecule has 28 heavy (non-hydrogen) atoms. The second-order valence-corrected chi connectivity index (χ2v) is 7.93. The van der Waals surface area contributed by atoms with E-state index in [1.54, 1.807) is 13.0 Å². The Kier molecular flexibility index (Phi) is 7.39. The number of benzene rings is 1. The molecule has 1 saturated carbocycles. The largest absolute Gasteiger partial charge is 0.462 e. The summed E-state index contributed by atoms with van der Waals surface area (Å²) in [4.78, 5) is 29.9. The Bertz CT molecular complexity index is 893. The molecule has 1 aliphatic carbocycles. The van der Waals surface area contributed by atoms with Crippen molar-refractivity contribution in [3.8, 4) is 0 Å². The first-order valence-corrected chi connectivity index (χ1v) is 10.9. The van der Waals surface area contributed by atoms with Crippen molar-refractivity contribution >= 4 is 33.4 Å². The zero-order chi connectivity index (χ0) is 19.9. The monoisotopic (exact) mass is 404 g/mol. The van der Waals surface area contributed by atoms with Gasteiger partial charge in [0.25, 0.3) is 5.91 Å². The van der Waals surface area contributed by atoms with Crippen molar-refractivity contribution in [1.82, 2.24) is 4.57 Å². The Hall–Kier alpha value is -1.99. The van der Waals surface area contributed by atoms with Gasteiger partial charge in [0.2, 0.25) is 0 Å². The lowest BCUT2D eigenvalue weighted by molar-refractivity contribution is -0.122. The summed E-state index contributed by atoms with van der Waals surface area (Å²) in [5.41, 5.74) is 1.46. The van der Waals surface area contributed by atoms with Crippen LogP contribution in [-0.4, -0.2) is 36.3 Å². The third-order valence-corrected chi connectivity index (χ3v) is 6.06. The van der Waals surface area contributed by atoms with Crippen LogP contribution in [0.1, 0.15) is 56.3 Å². The minimum absolute atomic E-state index is 0.0259. The fourth-order valence-corrected chi connectivity index (χ4v) is 4.65. The molecule has 0 atom stereocenters. The highest BCUT2D eigenvalue weighted by molar-refractivity contribution is 7.16. The lowest BCUT2D eigenvalue weighted by Gasteiger charge is -2.17. The number of fused-ring (bicyclic) bond motifs is 1. The molecule has 0 N–H and O–H groups in total. The molecule has 1 fully saturated rings. The number of aromatic nitrogens is 1. The summed E-state index contributed by atoms with van der Waals surface area (Å²) in [6.45, 7) is 5.89. The summed E-state index contributed by atoms with van der Waals surface area (Å²) in [5, 5.41) is 0. The van der Waals surface area contributed by atoms with E-state index < -0.39 is 0 Å². The molecule has 0 saturated heterocycles. The maximum Gasteiger partial charge on any atom is 0.338 e. The molecule has 3 rings (SSSR count). The lowest BCUT2D eigenvalue weighted by atomic mass is 9.89. The fraction of sp³-hybridized carbons (Fsp3) is 0.571. The SMILES string of the molecule is CCOCCn1c(=NC(=O)C2CCCCC2)sc2cc(C(=O)OCC)ccc21. The number of hydrogen-bond donors (Lipinski definition) is 0. The van der Waals surface area contributed by atoms with E-state index in [9.17, 15) is 9.59 Å². The van der Waals surface area contributed by atoms with E-state index >= 15 is 0 Å². The molecule has 1 heterocycles. The Morgan fingerprint density at radius 2 is 1.96 bits per heavy atom. The zero-order valence-electron chi connectivity index (χ0n) is 16.6. The first-order chi connectivity index (χ1) is 13.6. The molecule has 1 aromatic carbocycles. The molecule has 0 radical (unpaired) electrons. The predicted molar refractivity (Wildman–Crippen MR) is 109 cm³/mol. The van der Waals surface area contributed by atoms with Gasteiger partial charge in [-0.1, -0.05) is 30.6 Å². The quantitative estimate of drug-likeness (QED) is 0.518. The zero-order valence-corrected chi connectivity index (χ0v) is 17.4. The molecule has 0 unspecified atom stereocenters. The number of carbonyl (C=O) groups excluding carboxylic acids is 2. The van der Waals surface area contributed by atoms with Crippen molar-refractivity contribution in [2.75, 3.05) is 19.8 Å². The van der Waals surface area contributed by atoms with Crippen LogP contribution in [0.3, 0.4) is 0 Å². The highest BCUT2D eigenvalue weighted by Crippen LogP contribution is 2.25. The van der Waals surface area contributed by atoms with Crippen LogP contribution in [0.5, 0.6) is 0 Å². The third-order valence-electron chi connectivity index (χ3n) is 5.02. The van der Waals surface area contributed by atoms with Crippen molar-refractivity contribution in [3.05, 3.63) is 28.6 Å². The van der Waals surface area contributed by atoms with E-state index in [-0.39, 0.29) is 17.8 Å². The van der Waals surface area contributed by atoms with Crippen molar-refractivity contribution in [3.63, 3.8) is 0 Å². The first-order valence-electron chi connectivity index (χ1n) is 10.1. The Morgan fingerprint density at radius 1 is 1.18 bits per heavy atom. The van der Waals surface area contributed by atoms with Crippen LogP contribution in [0.15, 0.2) is 23.2 Å². The van der Waals surface area contributed by atoms with Crippen LogP contribution in [0, 0.1) is 5.92 Å². The van der Waals surface area contributed by atoms with Crippen LogP contribution >= 0.6 is 11.3 Å². The number of rotatable bonds is 7. The van der Waals surface area contributed by atoms with Gasteiger partial charge in [-0.15, -0.1) is 0 Å². The van der Waals surface area contributed by atoms with Gasteiger partial charge in [-0.3, -0.25) is 4.79 Å². The van der Waals surface area contributed by atoms with Crippen LogP contribution in [0.2, 0.25) is 0 Å². The summed E-state index contributed by atoms with van der Waals surface area (Å²) in [6, 6.07) is 5.48. The van der Waals surface area contributed by atoms with Crippen molar-refractivity contribution in [1.29, 1.82) is 0 Å². The molecule has 6 nitrogen and oxygen atoms in total. The average Bonchev–Trinajstić information content (AvgIpc) is 3.05. The highest BCUT2D eigenvalue weighted by Gasteiger charge is 2.21. The van der Waals surface area contributed by atoms with Crippen molar-refractivity contribution in [2.24, 2.45) is 10.9 Å². The lowest BCUT2D eigenvalue weighted by Crippen LogP contribution is -2.23. The number of carbonyl (C=O) groups is 2. The molecule has 1 aromatic heterocycles. The minimum atomic E-state index is -0.338. The normalized spacial score (nSPS) is 15.9. The summed E-state index contributed by atoms with van der Waals surface area (Å²) < 4.78 is 13.5. The van der Waals surface area contributed by atoms with Gasteiger partial charge in [0.1, 0.15) is 0 Å². The van der Waals surface area contributed by atoms with Gasteiger partial charge in [-0.2, -0.15) is 4.99 Å². The van der Waals surface area contributed by atoms with Gasteiger partial charge < -0.3 is 14.0 Å². The van der Waals surface area contributed by atoms with E-state index in [4.69, 9.17) is 9.47 Å². The molecular weight excluding hydrogens is 376 g/mol. The summed E-state index contributed by atoms with van der Waals surface area (Å²) in [7, 11) is 0. The number of esters is 1. The summed E-state index contributed by atoms with van der Waals surface area (Å²) in [5.74, 6) is -0.327. The van der Waals surface area contributed by atoms with E-state index in [1.807, 2.05) is 23.6 Å². The van der Waals surface area contributed by atoms with E-state index in [0.29, 0.717) is 36.7 Å². The van der Waals surface area contributed by atoms with E-state index in [2.05, 4.69) is 4.99 Å². The van der Waals surface area contributed by atoms with E-state index in [1.165, 1.54) is 17.8 Å². The summed E-state index contributed by atoms with van der Waals surface area (Å²) >= 11 is 1.44. The molecule has 0 aliphatic heterocycles. The Balaban J connectivity index is 1.98. The Morgan fingerprint density at radius 3 is 2.68 bits per heavy atom. The van der Waals surface area contributed by atoms with Gasteiger partial charge >= 0.3 is 5.97 Å². The van der Waals surface area contributed by atoms with Gasteiger partial charge in [0.15, 0.2) is 4.80 Å². The summed E-state index contributed by atoms with van der Waals surface area (Å²) in [6.07, 6.45) is 5.27. The number of amides is 1. The molecule has 1 amide bonds. The molecular formula is C21H28N2O4S. The first kappa shape index (κ1) is 20.7. The second-order valence-electron chi connectivity index (χ2n) is 6.92. The number of nitrogens with zero attached hydrogens (tertiary/aromatic N) is 2. The van der Waals surface area contributed by atoms with Crippen LogP contribution in [-0.2, 0) is 20.8 Å². The molecule has 2 aromatic rings. The smallest absolute Gasteiger partial charge is 0.338 e. The van der Waals surface area contributed by atoms with Gasteiger partial charge in [-0.05, 0) is 44.9 Å². The Labute approximate surface area is 169 Å². The number of thiazole rings is 1. The van der Waals surface area contributed by atoms with Crippen molar-refractivity contribution < 1.29 is 19.1 Å². The van der Waals surface area contributed by atoms with Gasteiger partial charge in [0, 0.05) is 19.1 Å². The van der Waals surface area contributed by atoms with Crippen molar-refractivity contribution in [2.45, 2.75) is 52.5 Å². The second kappa shape index (κ2) is 9.98. The standard InChI is InChI=1S/C21H28N2O4S/c1-3-26-13-12-23-17-11-10-16(20(25)27-4-2)14-18(17)28-21(23)22-19(24)15-8-6-5-7-9-15/h10-11,14-15H,3-9,12-13H2,1-2H3. The topological polar surface area (TPSA) is 69.9 Å². The molecule has 0 bridgehead atoms.